The molecule has 112 valence electrons. The Labute approximate surface area is 129 Å². The SMILES string of the molecule is CNc1nccnc1C[C@@H]1CCCN(Cc2cncs2)C1. The van der Waals surface area contributed by atoms with Gasteiger partial charge in [-0.2, -0.15) is 0 Å². The van der Waals surface area contributed by atoms with Crippen LogP contribution in [0.2, 0.25) is 0 Å². The molecule has 21 heavy (non-hydrogen) atoms. The molecule has 0 bridgehead atoms. The van der Waals surface area contributed by atoms with E-state index in [4.69, 9.17) is 0 Å². The van der Waals surface area contributed by atoms with Gasteiger partial charge in [0.1, 0.15) is 5.82 Å². The minimum Gasteiger partial charge on any atom is -0.372 e. The third-order valence-electron chi connectivity index (χ3n) is 3.96. The fraction of sp³-hybridized carbons (Fsp3) is 0.533. The number of thiazole rings is 1. The summed E-state index contributed by atoms with van der Waals surface area (Å²) in [4.78, 5) is 16.9. The maximum absolute atomic E-state index is 4.49. The van der Waals surface area contributed by atoms with Crippen LogP contribution >= 0.6 is 11.3 Å². The molecule has 0 unspecified atom stereocenters. The lowest BCUT2D eigenvalue weighted by Crippen LogP contribution is -2.35. The summed E-state index contributed by atoms with van der Waals surface area (Å²) in [5, 5.41) is 3.14. The molecule has 6 heteroatoms. The van der Waals surface area contributed by atoms with E-state index in [-0.39, 0.29) is 0 Å². The Bertz CT molecular complexity index is 557. The molecule has 2 aromatic heterocycles. The zero-order valence-corrected chi connectivity index (χ0v) is 13.1. The number of hydrogen-bond acceptors (Lipinski definition) is 6. The zero-order valence-electron chi connectivity index (χ0n) is 12.3. The molecule has 0 amide bonds. The van der Waals surface area contributed by atoms with Crippen LogP contribution in [-0.2, 0) is 13.0 Å². The number of rotatable bonds is 5. The second kappa shape index (κ2) is 6.95. The number of hydrogen-bond donors (Lipinski definition) is 1. The van der Waals surface area contributed by atoms with Gasteiger partial charge in [0.15, 0.2) is 0 Å². The van der Waals surface area contributed by atoms with Gasteiger partial charge in [-0.15, -0.1) is 11.3 Å². The van der Waals surface area contributed by atoms with Crippen LogP contribution in [0.25, 0.3) is 0 Å². The highest BCUT2D eigenvalue weighted by Gasteiger charge is 2.22. The summed E-state index contributed by atoms with van der Waals surface area (Å²) in [6, 6.07) is 0. The molecular weight excluding hydrogens is 282 g/mol. The van der Waals surface area contributed by atoms with Crippen molar-refractivity contribution in [3.63, 3.8) is 0 Å². The van der Waals surface area contributed by atoms with E-state index in [2.05, 4.69) is 25.2 Å². The van der Waals surface area contributed by atoms with Crippen LogP contribution in [0.15, 0.2) is 24.1 Å². The molecule has 0 spiro atoms. The van der Waals surface area contributed by atoms with Crippen molar-refractivity contribution in [3.05, 3.63) is 34.7 Å². The highest BCUT2D eigenvalue weighted by molar-refractivity contribution is 7.09. The predicted molar refractivity (Wildman–Crippen MR) is 85.4 cm³/mol. The van der Waals surface area contributed by atoms with Crippen LogP contribution in [-0.4, -0.2) is 40.0 Å². The first-order chi connectivity index (χ1) is 10.3. The van der Waals surface area contributed by atoms with Gasteiger partial charge in [-0.3, -0.25) is 14.9 Å². The van der Waals surface area contributed by atoms with Gasteiger partial charge in [0.25, 0.3) is 0 Å². The number of anilines is 1. The van der Waals surface area contributed by atoms with Crippen molar-refractivity contribution in [2.45, 2.75) is 25.8 Å². The largest absolute Gasteiger partial charge is 0.372 e. The summed E-state index contributed by atoms with van der Waals surface area (Å²) < 4.78 is 0. The van der Waals surface area contributed by atoms with E-state index in [1.54, 1.807) is 23.7 Å². The molecule has 1 saturated heterocycles. The van der Waals surface area contributed by atoms with E-state index in [1.807, 2.05) is 18.8 Å². The molecule has 1 atom stereocenters. The van der Waals surface area contributed by atoms with Gasteiger partial charge in [-0.1, -0.05) is 0 Å². The van der Waals surface area contributed by atoms with E-state index >= 15 is 0 Å². The van der Waals surface area contributed by atoms with Crippen LogP contribution in [0.1, 0.15) is 23.4 Å². The van der Waals surface area contributed by atoms with E-state index in [9.17, 15) is 0 Å². The van der Waals surface area contributed by atoms with Crippen LogP contribution in [0.3, 0.4) is 0 Å². The molecule has 0 radical (unpaired) electrons. The van der Waals surface area contributed by atoms with Crippen molar-refractivity contribution < 1.29 is 0 Å². The van der Waals surface area contributed by atoms with Crippen molar-refractivity contribution in [2.75, 3.05) is 25.5 Å². The lowest BCUT2D eigenvalue weighted by atomic mass is 9.93. The summed E-state index contributed by atoms with van der Waals surface area (Å²) in [5.74, 6) is 1.58. The van der Waals surface area contributed by atoms with Gasteiger partial charge >= 0.3 is 0 Å². The molecular formula is C15H21N5S. The number of nitrogens with zero attached hydrogens (tertiary/aromatic N) is 4. The molecule has 0 aliphatic carbocycles. The number of likely N-dealkylation sites (tertiary alicyclic amines) is 1. The quantitative estimate of drug-likeness (QED) is 0.919. The highest BCUT2D eigenvalue weighted by Crippen LogP contribution is 2.24. The highest BCUT2D eigenvalue weighted by atomic mass is 32.1. The normalized spacial score (nSPS) is 19.6. The minimum atomic E-state index is 0.662. The first-order valence-electron chi connectivity index (χ1n) is 7.42. The summed E-state index contributed by atoms with van der Waals surface area (Å²) in [5.41, 5.74) is 3.00. The summed E-state index contributed by atoms with van der Waals surface area (Å²) in [7, 11) is 1.91. The monoisotopic (exact) mass is 303 g/mol. The second-order valence-electron chi connectivity index (χ2n) is 5.52. The van der Waals surface area contributed by atoms with Crippen LogP contribution < -0.4 is 5.32 Å². The van der Waals surface area contributed by atoms with Crippen LogP contribution in [0, 0.1) is 5.92 Å². The molecule has 1 fully saturated rings. The van der Waals surface area contributed by atoms with Gasteiger partial charge in [-0.25, -0.2) is 4.98 Å². The zero-order chi connectivity index (χ0) is 14.5. The molecule has 0 saturated carbocycles. The third kappa shape index (κ3) is 3.77. The van der Waals surface area contributed by atoms with E-state index in [1.165, 1.54) is 24.3 Å². The van der Waals surface area contributed by atoms with Crippen molar-refractivity contribution >= 4 is 17.2 Å². The topological polar surface area (TPSA) is 53.9 Å². The molecule has 3 heterocycles. The second-order valence-corrected chi connectivity index (χ2v) is 6.49. The fourth-order valence-electron chi connectivity index (χ4n) is 3.00. The summed E-state index contributed by atoms with van der Waals surface area (Å²) in [6.45, 7) is 3.35. The average Bonchev–Trinajstić information content (AvgIpc) is 3.01. The number of aromatic nitrogens is 3. The maximum atomic E-state index is 4.49. The smallest absolute Gasteiger partial charge is 0.147 e. The lowest BCUT2D eigenvalue weighted by Gasteiger charge is -2.32. The minimum absolute atomic E-state index is 0.662. The Morgan fingerprint density at radius 1 is 1.38 bits per heavy atom. The van der Waals surface area contributed by atoms with Crippen LogP contribution in [0.5, 0.6) is 0 Å². The Morgan fingerprint density at radius 3 is 3.10 bits per heavy atom. The van der Waals surface area contributed by atoms with Crippen molar-refractivity contribution in [1.29, 1.82) is 0 Å². The van der Waals surface area contributed by atoms with Crippen molar-refractivity contribution in [1.82, 2.24) is 19.9 Å². The molecule has 0 aromatic carbocycles. The van der Waals surface area contributed by atoms with E-state index in [0.717, 1.165) is 31.0 Å². The van der Waals surface area contributed by atoms with Crippen molar-refractivity contribution in [2.24, 2.45) is 5.92 Å². The van der Waals surface area contributed by atoms with E-state index in [0.29, 0.717) is 5.92 Å². The summed E-state index contributed by atoms with van der Waals surface area (Å²) in [6.07, 6.45) is 9.05. The molecule has 1 N–H and O–H groups in total. The molecule has 2 aromatic rings. The predicted octanol–water partition coefficient (Wildman–Crippen LogP) is 2.43. The Hall–Kier alpha value is -1.53. The van der Waals surface area contributed by atoms with Gasteiger partial charge < -0.3 is 5.32 Å². The van der Waals surface area contributed by atoms with Gasteiger partial charge in [0.05, 0.1) is 11.2 Å². The van der Waals surface area contributed by atoms with Gasteiger partial charge in [-0.05, 0) is 31.7 Å². The van der Waals surface area contributed by atoms with Gasteiger partial charge in [0, 0.05) is 43.6 Å². The lowest BCUT2D eigenvalue weighted by molar-refractivity contribution is 0.167. The molecule has 3 rings (SSSR count). The molecule has 5 nitrogen and oxygen atoms in total. The Morgan fingerprint density at radius 2 is 2.29 bits per heavy atom. The first kappa shape index (κ1) is 14.4. The summed E-state index contributed by atoms with van der Waals surface area (Å²) >= 11 is 1.74. The Balaban J connectivity index is 1.60. The van der Waals surface area contributed by atoms with Gasteiger partial charge in [0.2, 0.25) is 0 Å². The Kier molecular flexibility index (Phi) is 4.77. The number of nitrogens with one attached hydrogen (secondary N) is 1. The first-order valence-corrected chi connectivity index (χ1v) is 8.30. The maximum Gasteiger partial charge on any atom is 0.147 e. The molecule has 1 aliphatic heterocycles. The van der Waals surface area contributed by atoms with Crippen molar-refractivity contribution in [3.8, 4) is 0 Å². The third-order valence-corrected chi connectivity index (χ3v) is 4.72. The molecule has 1 aliphatic rings. The fourth-order valence-corrected chi connectivity index (χ4v) is 3.64. The average molecular weight is 303 g/mol. The van der Waals surface area contributed by atoms with E-state index < -0.39 is 0 Å². The number of piperidine rings is 1. The standard InChI is InChI=1S/C15H21N5S/c1-16-15-14(18-4-5-19-15)7-12-3-2-6-20(9-12)10-13-8-17-11-21-13/h4-5,8,11-12H,2-3,6-7,9-10H2,1H3,(H,16,19)/t12-/m0/s1. The van der Waals surface area contributed by atoms with Crippen LogP contribution in [0.4, 0.5) is 5.82 Å².